The molecule has 0 N–H and O–H groups in total. The van der Waals surface area contributed by atoms with E-state index in [4.69, 9.17) is 11.6 Å². The first-order valence-corrected chi connectivity index (χ1v) is 8.92. The Balaban J connectivity index is 1.80. The van der Waals surface area contributed by atoms with Crippen molar-refractivity contribution < 1.29 is 4.39 Å². The number of halogens is 2. The van der Waals surface area contributed by atoms with Crippen LogP contribution in [0.15, 0.2) is 70.1 Å². The van der Waals surface area contributed by atoms with Gasteiger partial charge >= 0.3 is 0 Å². The SMILES string of the molecule is O=c1c2c(-c3ccc(Cl)cc3)csc2ncn1/N=C/c1cccc(F)c1. The minimum Gasteiger partial charge on any atom is -0.267 e. The van der Waals surface area contributed by atoms with Crippen LogP contribution < -0.4 is 5.56 Å². The van der Waals surface area contributed by atoms with Crippen LogP contribution in [0.2, 0.25) is 5.02 Å². The van der Waals surface area contributed by atoms with Crippen molar-refractivity contribution in [2.75, 3.05) is 0 Å². The molecule has 0 saturated heterocycles. The molecule has 0 bridgehead atoms. The molecule has 0 spiro atoms. The van der Waals surface area contributed by atoms with Gasteiger partial charge in [0.15, 0.2) is 0 Å². The van der Waals surface area contributed by atoms with E-state index in [0.29, 0.717) is 20.8 Å². The van der Waals surface area contributed by atoms with Gasteiger partial charge in [0.2, 0.25) is 0 Å². The summed E-state index contributed by atoms with van der Waals surface area (Å²) in [5.74, 6) is -0.363. The van der Waals surface area contributed by atoms with E-state index in [1.54, 1.807) is 24.3 Å². The second-order valence-corrected chi connectivity index (χ2v) is 6.82. The van der Waals surface area contributed by atoms with Gasteiger partial charge in [-0.25, -0.2) is 9.37 Å². The fourth-order valence-electron chi connectivity index (χ4n) is 2.56. The summed E-state index contributed by atoms with van der Waals surface area (Å²) in [5.41, 5.74) is 1.94. The van der Waals surface area contributed by atoms with Gasteiger partial charge in [0.25, 0.3) is 5.56 Å². The first kappa shape index (κ1) is 16.6. The van der Waals surface area contributed by atoms with Gasteiger partial charge in [-0.2, -0.15) is 9.78 Å². The molecular weight excluding hydrogens is 373 g/mol. The number of nitrogens with zero attached hydrogens (tertiary/aromatic N) is 3. The third-order valence-corrected chi connectivity index (χ3v) is 4.95. The molecule has 2 heterocycles. The highest BCUT2D eigenvalue weighted by Crippen LogP contribution is 2.31. The highest BCUT2D eigenvalue weighted by molar-refractivity contribution is 7.17. The zero-order valence-electron chi connectivity index (χ0n) is 13.3. The number of thiophene rings is 1. The van der Waals surface area contributed by atoms with Crippen molar-refractivity contribution in [3.05, 3.63) is 87.0 Å². The van der Waals surface area contributed by atoms with Gasteiger partial charge in [0.05, 0.1) is 11.6 Å². The first-order valence-electron chi connectivity index (χ1n) is 7.66. The summed E-state index contributed by atoms with van der Waals surface area (Å²) >= 11 is 7.33. The maximum atomic E-state index is 13.3. The molecule has 0 aliphatic heterocycles. The van der Waals surface area contributed by atoms with Crippen LogP contribution in [0.25, 0.3) is 21.3 Å². The number of rotatable bonds is 3. The van der Waals surface area contributed by atoms with Crippen molar-refractivity contribution in [2.45, 2.75) is 0 Å². The van der Waals surface area contributed by atoms with Crippen molar-refractivity contribution >= 4 is 39.4 Å². The molecule has 2 aromatic carbocycles. The van der Waals surface area contributed by atoms with Crippen LogP contribution in [0.4, 0.5) is 4.39 Å². The Morgan fingerprint density at radius 3 is 2.77 bits per heavy atom. The maximum absolute atomic E-state index is 13.3. The van der Waals surface area contributed by atoms with E-state index < -0.39 is 0 Å². The predicted octanol–water partition coefficient (Wildman–Crippen LogP) is 4.80. The van der Waals surface area contributed by atoms with Crippen LogP contribution in [-0.4, -0.2) is 15.9 Å². The fourth-order valence-corrected chi connectivity index (χ4v) is 3.60. The fraction of sp³-hybridized carbons (Fsp3) is 0. The van der Waals surface area contributed by atoms with Gasteiger partial charge in [-0.3, -0.25) is 4.79 Å². The topological polar surface area (TPSA) is 47.2 Å². The maximum Gasteiger partial charge on any atom is 0.283 e. The highest BCUT2D eigenvalue weighted by Gasteiger charge is 2.13. The second kappa shape index (κ2) is 6.82. The Hall–Kier alpha value is -2.83. The van der Waals surface area contributed by atoms with Crippen molar-refractivity contribution in [3.63, 3.8) is 0 Å². The van der Waals surface area contributed by atoms with E-state index in [-0.39, 0.29) is 11.4 Å². The molecule has 0 aliphatic rings. The lowest BCUT2D eigenvalue weighted by atomic mass is 10.1. The molecule has 7 heteroatoms. The van der Waals surface area contributed by atoms with Crippen LogP contribution in [0.5, 0.6) is 0 Å². The molecule has 26 heavy (non-hydrogen) atoms. The molecule has 0 saturated carbocycles. The highest BCUT2D eigenvalue weighted by atomic mass is 35.5. The predicted molar refractivity (Wildman–Crippen MR) is 104 cm³/mol. The smallest absolute Gasteiger partial charge is 0.267 e. The number of aromatic nitrogens is 2. The molecule has 128 valence electrons. The van der Waals surface area contributed by atoms with Crippen LogP contribution in [0, 0.1) is 5.82 Å². The molecule has 0 unspecified atom stereocenters. The minimum atomic E-state index is -0.363. The molecule has 4 rings (SSSR count). The summed E-state index contributed by atoms with van der Waals surface area (Å²) in [6.45, 7) is 0. The van der Waals surface area contributed by atoms with Crippen LogP contribution in [0.1, 0.15) is 5.56 Å². The number of hydrogen-bond acceptors (Lipinski definition) is 4. The number of hydrogen-bond donors (Lipinski definition) is 0. The van der Waals surface area contributed by atoms with Crippen LogP contribution >= 0.6 is 22.9 Å². The minimum absolute atomic E-state index is 0.283. The zero-order valence-corrected chi connectivity index (χ0v) is 14.8. The summed E-state index contributed by atoms with van der Waals surface area (Å²) in [6, 6.07) is 13.2. The Morgan fingerprint density at radius 1 is 1.19 bits per heavy atom. The van der Waals surface area contributed by atoms with E-state index in [9.17, 15) is 9.18 Å². The summed E-state index contributed by atoms with van der Waals surface area (Å²) in [4.78, 5) is 17.8. The number of benzene rings is 2. The van der Waals surface area contributed by atoms with Crippen molar-refractivity contribution in [1.82, 2.24) is 9.66 Å². The Labute approximate surface area is 156 Å². The van der Waals surface area contributed by atoms with Gasteiger partial charge in [0, 0.05) is 16.0 Å². The monoisotopic (exact) mass is 383 g/mol. The molecule has 0 fully saturated rings. The molecule has 0 aliphatic carbocycles. The van der Waals surface area contributed by atoms with E-state index in [0.717, 1.165) is 15.8 Å². The Morgan fingerprint density at radius 2 is 2.00 bits per heavy atom. The summed E-state index contributed by atoms with van der Waals surface area (Å²) in [6.07, 6.45) is 2.79. The van der Waals surface area contributed by atoms with Gasteiger partial charge in [-0.15, -0.1) is 11.3 Å². The van der Waals surface area contributed by atoms with E-state index in [1.807, 2.05) is 17.5 Å². The molecule has 4 nitrogen and oxygen atoms in total. The first-order chi connectivity index (χ1) is 12.6. The molecule has 0 radical (unpaired) electrons. The van der Waals surface area contributed by atoms with E-state index in [2.05, 4.69) is 10.1 Å². The van der Waals surface area contributed by atoms with Gasteiger partial charge in [-0.05, 0) is 35.4 Å². The summed E-state index contributed by atoms with van der Waals surface area (Å²) < 4.78 is 14.4. The largest absolute Gasteiger partial charge is 0.283 e. The van der Waals surface area contributed by atoms with E-state index in [1.165, 1.54) is 36.0 Å². The van der Waals surface area contributed by atoms with Gasteiger partial charge < -0.3 is 0 Å². The Bertz CT molecular complexity index is 1180. The summed E-state index contributed by atoms with van der Waals surface area (Å²) in [5, 5.41) is 7.15. The lowest BCUT2D eigenvalue weighted by molar-refractivity contribution is 0.627. The lowest BCUT2D eigenvalue weighted by Gasteiger charge is -2.02. The zero-order chi connectivity index (χ0) is 18.1. The normalized spacial score (nSPS) is 11.5. The summed E-state index contributed by atoms with van der Waals surface area (Å²) in [7, 11) is 0. The number of fused-ring (bicyclic) bond motifs is 1. The van der Waals surface area contributed by atoms with Crippen LogP contribution in [0.3, 0.4) is 0 Å². The molecule has 2 aromatic heterocycles. The van der Waals surface area contributed by atoms with Gasteiger partial charge in [-0.1, -0.05) is 35.9 Å². The molecule has 4 aromatic rings. The van der Waals surface area contributed by atoms with Gasteiger partial charge in [0.1, 0.15) is 17.0 Å². The second-order valence-electron chi connectivity index (χ2n) is 5.53. The average molecular weight is 384 g/mol. The van der Waals surface area contributed by atoms with E-state index >= 15 is 0 Å². The Kier molecular flexibility index (Phi) is 4.36. The third-order valence-electron chi connectivity index (χ3n) is 3.81. The van der Waals surface area contributed by atoms with Crippen LogP contribution in [-0.2, 0) is 0 Å². The molecule has 0 amide bonds. The average Bonchev–Trinajstić information content (AvgIpc) is 3.07. The molecule has 0 atom stereocenters. The molecular formula is C19H11ClFN3OS. The standard InChI is InChI=1S/C19H11ClFN3OS/c20-14-6-4-13(5-7-14)16-10-26-18-17(16)19(25)24(11-22-18)23-9-12-2-1-3-15(21)8-12/h1-11H/b23-9+. The van der Waals surface area contributed by atoms with Crippen molar-refractivity contribution in [2.24, 2.45) is 5.10 Å². The third kappa shape index (κ3) is 3.16. The van der Waals surface area contributed by atoms with Crippen molar-refractivity contribution in [1.29, 1.82) is 0 Å². The quantitative estimate of drug-likeness (QED) is 0.477. The van der Waals surface area contributed by atoms with Crippen molar-refractivity contribution in [3.8, 4) is 11.1 Å². The lowest BCUT2D eigenvalue weighted by Crippen LogP contribution is -2.16.